The number of aliphatic hydroxyl groups is 1. The van der Waals surface area contributed by atoms with E-state index in [-0.39, 0.29) is 12.4 Å². The van der Waals surface area contributed by atoms with E-state index in [9.17, 15) is 18.3 Å². The normalized spacial score (nSPS) is 17.9. The van der Waals surface area contributed by atoms with Gasteiger partial charge >= 0.3 is 6.18 Å². The van der Waals surface area contributed by atoms with Gasteiger partial charge < -0.3 is 9.84 Å². The van der Waals surface area contributed by atoms with E-state index in [1.807, 2.05) is 0 Å². The smallest absolute Gasteiger partial charge is 0.419 e. The van der Waals surface area contributed by atoms with Crippen LogP contribution in [-0.4, -0.2) is 18.8 Å². The average molecular weight is 246 g/mol. The fraction of sp³-hybridized carbons (Fsp3) is 0.500. The van der Waals surface area contributed by atoms with Crippen LogP contribution < -0.4 is 4.74 Å². The lowest BCUT2D eigenvalue weighted by Crippen LogP contribution is -2.15. The molecule has 1 N–H and O–H groups in total. The average Bonchev–Trinajstić information content (AvgIpc) is 3.08. The maximum absolute atomic E-state index is 12.8. The number of halogens is 3. The van der Waals surface area contributed by atoms with E-state index in [1.54, 1.807) is 6.07 Å². The molecular weight excluding hydrogens is 233 g/mol. The molecule has 1 saturated carbocycles. The van der Waals surface area contributed by atoms with Crippen LogP contribution in [-0.2, 0) is 11.6 Å². The van der Waals surface area contributed by atoms with E-state index in [2.05, 4.69) is 0 Å². The molecule has 1 aromatic rings. The lowest BCUT2D eigenvalue weighted by molar-refractivity contribution is -0.138. The van der Waals surface area contributed by atoms with Crippen LogP contribution in [0.25, 0.3) is 0 Å². The predicted molar refractivity (Wildman–Crippen MR) is 56.0 cm³/mol. The molecule has 0 saturated heterocycles. The molecule has 2 rings (SSSR count). The first-order valence-electron chi connectivity index (χ1n) is 5.29. The predicted octanol–water partition coefficient (Wildman–Crippen LogP) is 2.74. The summed E-state index contributed by atoms with van der Waals surface area (Å²) in [5.41, 5.74) is -0.711. The molecular formula is C12H13F3O2. The van der Waals surface area contributed by atoms with Crippen molar-refractivity contribution >= 4 is 0 Å². The molecule has 1 aliphatic carbocycles. The van der Waals surface area contributed by atoms with Crippen molar-refractivity contribution in [3.05, 3.63) is 29.3 Å². The first-order chi connectivity index (χ1) is 7.93. The van der Waals surface area contributed by atoms with Gasteiger partial charge in [0.15, 0.2) is 0 Å². The zero-order chi connectivity index (χ0) is 12.7. The summed E-state index contributed by atoms with van der Waals surface area (Å²) in [5.74, 6) is -0.185. The van der Waals surface area contributed by atoms with Gasteiger partial charge in [-0.15, -0.1) is 0 Å². The highest BCUT2D eigenvalue weighted by Gasteiger charge is 2.45. The summed E-state index contributed by atoms with van der Waals surface area (Å²) in [7, 11) is 1.21. The van der Waals surface area contributed by atoms with Crippen LogP contribution in [0.3, 0.4) is 0 Å². The molecule has 94 valence electrons. The molecule has 0 atom stereocenters. The van der Waals surface area contributed by atoms with Crippen molar-refractivity contribution in [2.75, 3.05) is 13.7 Å². The van der Waals surface area contributed by atoms with Gasteiger partial charge in [0.05, 0.1) is 19.3 Å². The molecule has 17 heavy (non-hydrogen) atoms. The van der Waals surface area contributed by atoms with E-state index in [0.29, 0.717) is 5.56 Å². The third-order valence-corrected chi connectivity index (χ3v) is 3.27. The van der Waals surface area contributed by atoms with Crippen molar-refractivity contribution in [3.63, 3.8) is 0 Å². The van der Waals surface area contributed by atoms with E-state index in [4.69, 9.17) is 4.74 Å². The number of hydrogen-bond donors (Lipinski definition) is 1. The van der Waals surface area contributed by atoms with Crippen molar-refractivity contribution in [3.8, 4) is 5.75 Å². The highest BCUT2D eigenvalue weighted by molar-refractivity contribution is 5.44. The van der Waals surface area contributed by atoms with Gasteiger partial charge in [-0.2, -0.15) is 13.2 Å². The summed E-state index contributed by atoms with van der Waals surface area (Å²) in [6.07, 6.45) is -2.98. The van der Waals surface area contributed by atoms with E-state index in [1.165, 1.54) is 13.2 Å². The van der Waals surface area contributed by atoms with Crippen LogP contribution in [0.5, 0.6) is 5.75 Å². The van der Waals surface area contributed by atoms with Crippen molar-refractivity contribution < 1.29 is 23.0 Å². The summed E-state index contributed by atoms with van der Waals surface area (Å²) in [6.45, 7) is -0.114. The van der Waals surface area contributed by atoms with Gasteiger partial charge in [-0.05, 0) is 30.5 Å². The van der Waals surface area contributed by atoms with E-state index in [0.717, 1.165) is 18.9 Å². The summed E-state index contributed by atoms with van der Waals surface area (Å²) >= 11 is 0. The van der Waals surface area contributed by atoms with Gasteiger partial charge in [-0.25, -0.2) is 0 Å². The van der Waals surface area contributed by atoms with E-state index >= 15 is 0 Å². The largest absolute Gasteiger partial charge is 0.496 e. The van der Waals surface area contributed by atoms with Gasteiger partial charge in [-0.1, -0.05) is 6.07 Å². The number of ether oxygens (including phenoxy) is 1. The molecule has 0 unspecified atom stereocenters. The second-order valence-corrected chi connectivity index (χ2v) is 4.35. The Morgan fingerprint density at radius 3 is 2.41 bits per heavy atom. The highest BCUT2D eigenvalue weighted by atomic mass is 19.4. The van der Waals surface area contributed by atoms with Crippen molar-refractivity contribution in [2.24, 2.45) is 0 Å². The Labute approximate surface area is 97.0 Å². The van der Waals surface area contributed by atoms with Crippen LogP contribution in [0.15, 0.2) is 18.2 Å². The lowest BCUT2D eigenvalue weighted by Gasteiger charge is -2.17. The fourth-order valence-corrected chi connectivity index (χ4v) is 1.95. The first-order valence-corrected chi connectivity index (χ1v) is 5.29. The molecule has 1 fully saturated rings. The zero-order valence-electron chi connectivity index (χ0n) is 9.34. The van der Waals surface area contributed by atoms with Crippen molar-refractivity contribution in [2.45, 2.75) is 24.4 Å². The van der Waals surface area contributed by atoms with Crippen LogP contribution in [0.1, 0.15) is 24.0 Å². The topological polar surface area (TPSA) is 29.5 Å². The van der Waals surface area contributed by atoms with Crippen LogP contribution in [0.4, 0.5) is 13.2 Å². The van der Waals surface area contributed by atoms with Gasteiger partial charge in [0.1, 0.15) is 5.75 Å². The third kappa shape index (κ3) is 2.11. The zero-order valence-corrected chi connectivity index (χ0v) is 9.34. The Balaban J connectivity index is 2.46. The van der Waals surface area contributed by atoms with E-state index < -0.39 is 17.2 Å². The van der Waals surface area contributed by atoms with Gasteiger partial charge in [0.25, 0.3) is 0 Å². The van der Waals surface area contributed by atoms with Crippen LogP contribution >= 0.6 is 0 Å². The van der Waals surface area contributed by atoms with Gasteiger partial charge in [0.2, 0.25) is 0 Å². The Morgan fingerprint density at radius 2 is 2.00 bits per heavy atom. The minimum atomic E-state index is -4.44. The maximum atomic E-state index is 12.8. The summed E-state index contributed by atoms with van der Waals surface area (Å²) in [6, 6.07) is 3.99. The van der Waals surface area contributed by atoms with Crippen molar-refractivity contribution in [1.82, 2.24) is 0 Å². The quantitative estimate of drug-likeness (QED) is 0.888. The van der Waals surface area contributed by atoms with Crippen LogP contribution in [0, 0.1) is 0 Å². The number of rotatable bonds is 3. The Kier molecular flexibility index (Phi) is 2.81. The number of alkyl halides is 3. The Morgan fingerprint density at radius 1 is 1.35 bits per heavy atom. The summed E-state index contributed by atoms with van der Waals surface area (Å²) < 4.78 is 43.1. The molecule has 0 radical (unpaired) electrons. The minimum Gasteiger partial charge on any atom is -0.496 e. The second kappa shape index (κ2) is 3.91. The lowest BCUT2D eigenvalue weighted by atomic mass is 9.94. The van der Waals surface area contributed by atoms with Gasteiger partial charge in [-0.3, -0.25) is 0 Å². The Hall–Kier alpha value is -1.23. The number of benzene rings is 1. The molecule has 0 aliphatic heterocycles. The SMILES string of the molecule is COc1ccc(C2(CO)CC2)cc1C(F)(F)F. The molecule has 2 nitrogen and oxygen atoms in total. The molecule has 1 aromatic carbocycles. The van der Waals surface area contributed by atoms with Crippen molar-refractivity contribution in [1.29, 1.82) is 0 Å². The molecule has 0 heterocycles. The number of hydrogen-bond acceptors (Lipinski definition) is 2. The number of methoxy groups -OCH3 is 1. The van der Waals surface area contributed by atoms with Gasteiger partial charge in [0, 0.05) is 5.41 Å². The third-order valence-electron chi connectivity index (χ3n) is 3.27. The summed E-state index contributed by atoms with van der Waals surface area (Å²) in [4.78, 5) is 0. The standard InChI is InChI=1S/C12H13F3O2/c1-17-10-3-2-8(11(7-16)4-5-11)6-9(10)12(13,14)15/h2-3,6,16H,4-5,7H2,1H3. The number of aliphatic hydroxyl groups excluding tert-OH is 1. The highest BCUT2D eigenvalue weighted by Crippen LogP contribution is 2.49. The molecule has 0 spiro atoms. The molecule has 0 aromatic heterocycles. The molecule has 1 aliphatic rings. The maximum Gasteiger partial charge on any atom is 0.419 e. The Bertz CT molecular complexity index is 422. The molecule has 0 bridgehead atoms. The molecule has 5 heteroatoms. The van der Waals surface area contributed by atoms with Crippen LogP contribution in [0.2, 0.25) is 0 Å². The molecule has 0 amide bonds. The second-order valence-electron chi connectivity index (χ2n) is 4.35. The minimum absolute atomic E-state index is 0.114. The first kappa shape index (κ1) is 12.2. The fourth-order valence-electron chi connectivity index (χ4n) is 1.95. The monoisotopic (exact) mass is 246 g/mol. The summed E-state index contributed by atoms with van der Waals surface area (Å²) in [5, 5.41) is 9.22.